The molecule has 1 fully saturated rings. The first kappa shape index (κ1) is 20.7. The lowest BCUT2D eigenvalue weighted by atomic mass is 9.84. The molecule has 164 valence electrons. The first-order chi connectivity index (χ1) is 15.7. The highest BCUT2D eigenvalue weighted by Crippen LogP contribution is 2.37. The molecule has 32 heavy (non-hydrogen) atoms. The molecule has 5 rings (SSSR count). The first-order valence-corrected chi connectivity index (χ1v) is 11.7. The Hall–Kier alpha value is -3.18. The number of amides is 2. The van der Waals surface area contributed by atoms with E-state index < -0.39 is 0 Å². The van der Waals surface area contributed by atoms with E-state index in [4.69, 9.17) is 5.73 Å². The summed E-state index contributed by atoms with van der Waals surface area (Å²) >= 11 is 0. The first-order valence-electron chi connectivity index (χ1n) is 11.7. The van der Waals surface area contributed by atoms with Crippen LogP contribution < -0.4 is 16.0 Å². The molecule has 0 saturated heterocycles. The van der Waals surface area contributed by atoms with Crippen molar-refractivity contribution in [2.24, 2.45) is 5.73 Å². The minimum absolute atomic E-state index is 0.266. The van der Waals surface area contributed by atoms with E-state index in [2.05, 4.69) is 17.4 Å². The maximum Gasteiger partial charge on any atom is 0.265 e. The molecular weight excluding hydrogens is 398 g/mol. The van der Waals surface area contributed by atoms with Gasteiger partial charge in [0, 0.05) is 34.1 Å². The van der Waals surface area contributed by atoms with Crippen molar-refractivity contribution in [1.29, 1.82) is 0 Å². The van der Waals surface area contributed by atoms with Crippen LogP contribution in [0.1, 0.15) is 70.7 Å². The highest BCUT2D eigenvalue weighted by atomic mass is 16.2. The summed E-state index contributed by atoms with van der Waals surface area (Å²) < 4.78 is 0. The molecule has 0 radical (unpaired) electrons. The number of benzene rings is 3. The minimum Gasteiger partial charge on any atom is -0.384 e. The largest absolute Gasteiger partial charge is 0.384 e. The van der Waals surface area contributed by atoms with E-state index in [1.165, 1.54) is 42.6 Å². The van der Waals surface area contributed by atoms with Crippen molar-refractivity contribution in [2.75, 3.05) is 23.3 Å². The number of anilines is 2. The fraction of sp³-hybridized carbons (Fsp3) is 0.333. The summed E-state index contributed by atoms with van der Waals surface area (Å²) in [5.41, 5.74) is 9.60. The molecule has 3 aromatic rings. The Bertz CT molecular complexity index is 1140. The lowest BCUT2D eigenvalue weighted by molar-refractivity contribution is 0.0893. The number of hydrogen-bond acceptors (Lipinski definition) is 4. The third-order valence-electron chi connectivity index (χ3n) is 6.83. The van der Waals surface area contributed by atoms with Gasteiger partial charge in [-0.2, -0.15) is 0 Å². The van der Waals surface area contributed by atoms with Gasteiger partial charge in [0.1, 0.15) is 0 Å². The third kappa shape index (κ3) is 3.56. The molecule has 5 heteroatoms. The van der Waals surface area contributed by atoms with E-state index in [-0.39, 0.29) is 11.8 Å². The van der Waals surface area contributed by atoms with Gasteiger partial charge in [-0.1, -0.05) is 43.5 Å². The van der Waals surface area contributed by atoms with Gasteiger partial charge in [0.05, 0.1) is 5.69 Å². The fourth-order valence-corrected chi connectivity index (χ4v) is 5.14. The number of carbonyl (C=O) groups excluding carboxylic acids is 2. The average Bonchev–Trinajstić information content (AvgIpc) is 2.84. The number of nitrogens with two attached hydrogens (primary N) is 1. The van der Waals surface area contributed by atoms with Crippen molar-refractivity contribution in [2.45, 2.75) is 44.4 Å². The number of carbonyl (C=O) groups is 2. The number of rotatable bonds is 6. The summed E-state index contributed by atoms with van der Waals surface area (Å²) in [5, 5.41) is 5.01. The van der Waals surface area contributed by atoms with E-state index in [1.54, 1.807) is 0 Å². The summed E-state index contributed by atoms with van der Waals surface area (Å²) in [4.78, 5) is 28.2. The minimum atomic E-state index is -0.266. The average molecular weight is 428 g/mol. The summed E-state index contributed by atoms with van der Waals surface area (Å²) in [6, 6.07) is 17.4. The molecule has 1 aliphatic carbocycles. The zero-order chi connectivity index (χ0) is 22.1. The van der Waals surface area contributed by atoms with Crippen molar-refractivity contribution in [3.8, 4) is 0 Å². The molecule has 0 bridgehead atoms. The van der Waals surface area contributed by atoms with Crippen LogP contribution in [0, 0.1) is 0 Å². The van der Waals surface area contributed by atoms with Gasteiger partial charge in [0.15, 0.2) is 0 Å². The second kappa shape index (κ2) is 8.75. The van der Waals surface area contributed by atoms with Gasteiger partial charge in [0.2, 0.25) is 0 Å². The molecule has 5 nitrogen and oxygen atoms in total. The quantitative estimate of drug-likeness (QED) is 0.405. The molecule has 0 aromatic heterocycles. The second-order valence-electron chi connectivity index (χ2n) is 8.83. The zero-order valence-corrected chi connectivity index (χ0v) is 18.3. The van der Waals surface area contributed by atoms with Crippen LogP contribution in [0.5, 0.6) is 0 Å². The predicted octanol–water partition coefficient (Wildman–Crippen LogP) is 5.45. The van der Waals surface area contributed by atoms with Crippen molar-refractivity contribution in [3.63, 3.8) is 0 Å². The van der Waals surface area contributed by atoms with Gasteiger partial charge >= 0.3 is 0 Å². The maximum absolute atomic E-state index is 13.4. The van der Waals surface area contributed by atoms with Gasteiger partial charge in [0.25, 0.3) is 11.8 Å². The number of imide groups is 1. The molecule has 0 atom stereocenters. The van der Waals surface area contributed by atoms with E-state index in [0.717, 1.165) is 29.4 Å². The van der Waals surface area contributed by atoms with Crippen molar-refractivity contribution >= 4 is 34.0 Å². The number of nitrogens with one attached hydrogen (secondary N) is 1. The summed E-state index contributed by atoms with van der Waals surface area (Å²) in [7, 11) is 0. The van der Waals surface area contributed by atoms with Crippen LogP contribution in [-0.2, 0) is 0 Å². The van der Waals surface area contributed by atoms with Crippen LogP contribution in [0.4, 0.5) is 11.4 Å². The highest BCUT2D eigenvalue weighted by Gasteiger charge is 2.34. The Labute approximate surface area is 188 Å². The summed E-state index contributed by atoms with van der Waals surface area (Å²) in [6.07, 6.45) is 7.17. The Morgan fingerprint density at radius 2 is 1.59 bits per heavy atom. The van der Waals surface area contributed by atoms with Crippen LogP contribution in [-0.4, -0.2) is 24.9 Å². The normalized spacial score (nSPS) is 16.6. The summed E-state index contributed by atoms with van der Waals surface area (Å²) in [6.45, 7) is 1.36. The Balaban J connectivity index is 1.49. The van der Waals surface area contributed by atoms with Gasteiger partial charge in [-0.15, -0.1) is 0 Å². The van der Waals surface area contributed by atoms with Gasteiger partial charge in [-0.25, -0.2) is 4.90 Å². The molecule has 2 amide bonds. The molecule has 0 spiro atoms. The maximum atomic E-state index is 13.4. The molecule has 3 aromatic carbocycles. The third-order valence-corrected chi connectivity index (χ3v) is 6.83. The SMILES string of the molecule is NCCCNc1ccc2c3c(cccc13)C(=O)N(c1ccc(C3CCCCC3)cc1)C2=O. The Morgan fingerprint density at radius 3 is 2.31 bits per heavy atom. The monoisotopic (exact) mass is 427 g/mol. The smallest absolute Gasteiger partial charge is 0.265 e. The van der Waals surface area contributed by atoms with Crippen LogP contribution in [0.3, 0.4) is 0 Å². The summed E-state index contributed by atoms with van der Waals surface area (Å²) in [5.74, 6) is 0.0560. The van der Waals surface area contributed by atoms with Crippen LogP contribution in [0.15, 0.2) is 54.6 Å². The predicted molar refractivity (Wildman–Crippen MR) is 130 cm³/mol. The lowest BCUT2D eigenvalue weighted by Gasteiger charge is -2.28. The topological polar surface area (TPSA) is 75.4 Å². The van der Waals surface area contributed by atoms with Gasteiger partial charge in [-0.05, 0) is 67.6 Å². The molecule has 1 heterocycles. The molecular formula is C27H29N3O2. The molecule has 3 N–H and O–H groups in total. The molecule has 2 aliphatic rings. The van der Waals surface area contributed by atoms with E-state index >= 15 is 0 Å². The highest BCUT2D eigenvalue weighted by molar-refractivity contribution is 6.36. The fourth-order valence-electron chi connectivity index (χ4n) is 5.14. The lowest BCUT2D eigenvalue weighted by Crippen LogP contribution is -2.40. The second-order valence-corrected chi connectivity index (χ2v) is 8.83. The van der Waals surface area contributed by atoms with E-state index in [1.807, 2.05) is 42.5 Å². The van der Waals surface area contributed by atoms with Gasteiger partial charge in [-0.3, -0.25) is 9.59 Å². The molecule has 1 saturated carbocycles. The molecule has 0 unspecified atom stereocenters. The Kier molecular flexibility index (Phi) is 5.66. The van der Waals surface area contributed by atoms with Crippen molar-refractivity contribution < 1.29 is 9.59 Å². The van der Waals surface area contributed by atoms with Crippen LogP contribution >= 0.6 is 0 Å². The zero-order valence-electron chi connectivity index (χ0n) is 18.3. The van der Waals surface area contributed by atoms with Crippen LogP contribution in [0.2, 0.25) is 0 Å². The number of nitrogens with zero attached hydrogens (tertiary/aromatic N) is 1. The van der Waals surface area contributed by atoms with E-state index in [0.29, 0.717) is 29.3 Å². The molecule has 1 aliphatic heterocycles. The van der Waals surface area contributed by atoms with Crippen molar-refractivity contribution in [1.82, 2.24) is 0 Å². The van der Waals surface area contributed by atoms with Crippen molar-refractivity contribution in [3.05, 3.63) is 71.3 Å². The van der Waals surface area contributed by atoms with Crippen LogP contribution in [0.25, 0.3) is 10.8 Å². The number of hydrogen-bond donors (Lipinski definition) is 2. The van der Waals surface area contributed by atoms with E-state index in [9.17, 15) is 9.59 Å². The standard InChI is InChI=1S/C27H29N3O2/c28-16-5-17-29-24-15-14-23-25-21(24)8-4-9-22(25)26(31)30(27(23)32)20-12-10-19(11-13-20)18-6-2-1-3-7-18/h4,8-15,18,29H,1-3,5-7,16-17,28H2. The Morgan fingerprint density at radius 1 is 0.875 bits per heavy atom. The van der Waals surface area contributed by atoms with Gasteiger partial charge < -0.3 is 11.1 Å².